The van der Waals surface area contributed by atoms with E-state index in [1.54, 1.807) is 0 Å². The van der Waals surface area contributed by atoms with Gasteiger partial charge < -0.3 is 10.1 Å². The van der Waals surface area contributed by atoms with Crippen molar-refractivity contribution in [1.82, 2.24) is 0 Å². The highest BCUT2D eigenvalue weighted by Crippen LogP contribution is 2.39. The van der Waals surface area contributed by atoms with E-state index in [1.165, 1.54) is 0 Å². The Hall–Kier alpha value is -3.07. The predicted octanol–water partition coefficient (Wildman–Crippen LogP) is 5.60. The van der Waals surface area contributed by atoms with Crippen molar-refractivity contribution in [3.05, 3.63) is 102 Å². The maximum absolute atomic E-state index is 13.0. The Bertz CT molecular complexity index is 914. The number of nitrogens with one attached hydrogen (secondary N) is 1. The SMILES string of the molecule is CC1([C@H]2CC=C([C@H](Nc3ccccc3)c3ccccc3)C(=O)O2)C=CC=CC1. The molecule has 3 nitrogen and oxygen atoms in total. The number of benzene rings is 2. The van der Waals surface area contributed by atoms with Crippen LogP contribution in [-0.4, -0.2) is 12.1 Å². The Morgan fingerprint density at radius 3 is 2.39 bits per heavy atom. The number of esters is 1. The normalized spacial score (nSPS) is 25.0. The summed E-state index contributed by atoms with van der Waals surface area (Å²) in [5.74, 6) is -0.238. The fourth-order valence-corrected chi connectivity index (χ4v) is 3.87. The zero-order valence-corrected chi connectivity index (χ0v) is 16.0. The summed E-state index contributed by atoms with van der Waals surface area (Å²) in [5, 5.41) is 3.51. The van der Waals surface area contributed by atoms with Crippen LogP contribution in [0.15, 0.2) is 96.6 Å². The van der Waals surface area contributed by atoms with E-state index in [9.17, 15) is 4.79 Å². The molecule has 2 aromatic carbocycles. The van der Waals surface area contributed by atoms with Crippen molar-refractivity contribution < 1.29 is 9.53 Å². The van der Waals surface area contributed by atoms with E-state index in [0.717, 1.165) is 24.1 Å². The van der Waals surface area contributed by atoms with Gasteiger partial charge in [0.2, 0.25) is 0 Å². The lowest BCUT2D eigenvalue weighted by Crippen LogP contribution is -2.39. The molecule has 1 aliphatic heterocycles. The van der Waals surface area contributed by atoms with Crippen LogP contribution >= 0.6 is 0 Å². The number of hydrogen-bond acceptors (Lipinski definition) is 3. The number of hydrogen-bond donors (Lipinski definition) is 1. The first-order valence-electron chi connectivity index (χ1n) is 9.78. The lowest BCUT2D eigenvalue weighted by Gasteiger charge is -2.38. The van der Waals surface area contributed by atoms with Crippen LogP contribution in [0.5, 0.6) is 0 Å². The molecule has 0 spiro atoms. The van der Waals surface area contributed by atoms with Crippen LogP contribution in [0.1, 0.15) is 31.4 Å². The smallest absolute Gasteiger partial charge is 0.336 e. The van der Waals surface area contributed by atoms with Crippen LogP contribution in [-0.2, 0) is 9.53 Å². The molecule has 1 N–H and O–H groups in total. The van der Waals surface area contributed by atoms with Crippen molar-refractivity contribution in [2.75, 3.05) is 5.32 Å². The van der Waals surface area contributed by atoms with Gasteiger partial charge in [0.05, 0.1) is 11.6 Å². The number of carbonyl (C=O) groups excluding carboxylic acids is 1. The van der Waals surface area contributed by atoms with Gasteiger partial charge in [-0.05, 0) is 24.1 Å². The molecule has 3 heteroatoms. The average molecular weight is 371 g/mol. The molecule has 3 atom stereocenters. The van der Waals surface area contributed by atoms with E-state index in [2.05, 4.69) is 30.5 Å². The molecule has 2 aliphatic rings. The molecule has 0 fully saturated rings. The van der Waals surface area contributed by atoms with Crippen LogP contribution in [0.25, 0.3) is 0 Å². The maximum Gasteiger partial charge on any atom is 0.336 e. The first-order chi connectivity index (χ1) is 13.7. The highest BCUT2D eigenvalue weighted by molar-refractivity contribution is 5.91. The Labute approximate surface area is 166 Å². The number of cyclic esters (lactones) is 1. The molecule has 1 heterocycles. The van der Waals surface area contributed by atoms with Crippen LogP contribution in [0, 0.1) is 5.41 Å². The van der Waals surface area contributed by atoms with E-state index < -0.39 is 0 Å². The van der Waals surface area contributed by atoms with Crippen LogP contribution in [0.3, 0.4) is 0 Å². The summed E-state index contributed by atoms with van der Waals surface area (Å²) < 4.78 is 5.95. The van der Waals surface area contributed by atoms with Crippen molar-refractivity contribution in [3.8, 4) is 0 Å². The van der Waals surface area contributed by atoms with Crippen LogP contribution in [0.2, 0.25) is 0 Å². The third-order valence-corrected chi connectivity index (χ3v) is 5.58. The Balaban J connectivity index is 1.62. The third kappa shape index (κ3) is 3.79. The minimum absolute atomic E-state index is 0.141. The van der Waals surface area contributed by atoms with Crippen molar-refractivity contribution in [1.29, 1.82) is 0 Å². The highest BCUT2D eigenvalue weighted by atomic mass is 16.5. The van der Waals surface area contributed by atoms with Gasteiger partial charge in [0.25, 0.3) is 0 Å². The van der Waals surface area contributed by atoms with Gasteiger partial charge in [-0.15, -0.1) is 0 Å². The quantitative estimate of drug-likeness (QED) is 0.695. The average Bonchev–Trinajstić information content (AvgIpc) is 2.74. The molecule has 0 amide bonds. The molecule has 2 aromatic rings. The summed E-state index contributed by atoms with van der Waals surface area (Å²) in [5.41, 5.74) is 2.53. The first-order valence-corrected chi connectivity index (χ1v) is 9.78. The Kier molecular flexibility index (Phi) is 5.16. The van der Waals surface area contributed by atoms with Gasteiger partial charge in [-0.2, -0.15) is 0 Å². The molecular formula is C25H25NO2. The van der Waals surface area contributed by atoms with E-state index in [0.29, 0.717) is 5.57 Å². The van der Waals surface area contributed by atoms with E-state index in [4.69, 9.17) is 4.74 Å². The Morgan fingerprint density at radius 1 is 1.04 bits per heavy atom. The summed E-state index contributed by atoms with van der Waals surface area (Å²) in [6.45, 7) is 2.15. The second-order valence-corrected chi connectivity index (χ2v) is 7.64. The topological polar surface area (TPSA) is 38.3 Å². The van der Waals surface area contributed by atoms with Gasteiger partial charge in [0, 0.05) is 17.5 Å². The Morgan fingerprint density at radius 2 is 1.75 bits per heavy atom. The molecule has 1 unspecified atom stereocenters. The summed E-state index contributed by atoms with van der Waals surface area (Å²) in [7, 11) is 0. The molecule has 0 aromatic heterocycles. The van der Waals surface area contributed by atoms with Gasteiger partial charge in [0.1, 0.15) is 6.10 Å². The molecular weight excluding hydrogens is 346 g/mol. The fourth-order valence-electron chi connectivity index (χ4n) is 3.87. The molecule has 0 saturated carbocycles. The van der Waals surface area contributed by atoms with Crippen molar-refractivity contribution in [3.63, 3.8) is 0 Å². The lowest BCUT2D eigenvalue weighted by atomic mass is 9.76. The number of carbonyl (C=O) groups is 1. The largest absolute Gasteiger partial charge is 0.458 e. The van der Waals surface area contributed by atoms with Crippen LogP contribution in [0.4, 0.5) is 5.69 Å². The zero-order valence-electron chi connectivity index (χ0n) is 16.0. The predicted molar refractivity (Wildman–Crippen MR) is 113 cm³/mol. The summed E-state index contributed by atoms with van der Waals surface area (Å²) >= 11 is 0. The molecule has 4 rings (SSSR count). The third-order valence-electron chi connectivity index (χ3n) is 5.58. The van der Waals surface area contributed by atoms with Gasteiger partial charge in [-0.1, -0.05) is 85.8 Å². The number of para-hydroxylation sites is 1. The number of rotatable bonds is 5. The number of anilines is 1. The molecule has 142 valence electrons. The van der Waals surface area contributed by atoms with Gasteiger partial charge >= 0.3 is 5.97 Å². The van der Waals surface area contributed by atoms with E-state index in [1.807, 2.05) is 72.8 Å². The minimum Gasteiger partial charge on any atom is -0.458 e. The van der Waals surface area contributed by atoms with Gasteiger partial charge in [0.15, 0.2) is 0 Å². The molecule has 0 saturated heterocycles. The zero-order chi connectivity index (χ0) is 19.4. The van der Waals surface area contributed by atoms with E-state index >= 15 is 0 Å². The van der Waals surface area contributed by atoms with Crippen molar-refractivity contribution >= 4 is 11.7 Å². The molecule has 1 aliphatic carbocycles. The molecule has 28 heavy (non-hydrogen) atoms. The second kappa shape index (κ2) is 7.89. The maximum atomic E-state index is 13.0. The van der Waals surface area contributed by atoms with Gasteiger partial charge in [-0.25, -0.2) is 4.79 Å². The minimum atomic E-state index is -0.244. The monoisotopic (exact) mass is 371 g/mol. The van der Waals surface area contributed by atoms with Gasteiger partial charge in [-0.3, -0.25) is 0 Å². The highest BCUT2D eigenvalue weighted by Gasteiger charge is 2.38. The summed E-state index contributed by atoms with van der Waals surface area (Å²) in [6.07, 6.45) is 11.9. The number of allylic oxidation sites excluding steroid dienone is 3. The first kappa shape index (κ1) is 18.3. The fraction of sp³-hybridized carbons (Fsp3) is 0.240. The standard InChI is InChI=1S/C25H25NO2/c1-25(17-9-4-10-18-25)22-16-15-21(24(27)28-22)23(19-11-5-2-6-12-19)26-20-13-7-3-8-14-20/h2-15,17,22-23,26H,16,18H2,1H3/t22-,23-,25?/m1/s1. The van der Waals surface area contributed by atoms with E-state index in [-0.39, 0.29) is 23.5 Å². The molecule has 0 radical (unpaired) electrons. The summed E-state index contributed by atoms with van der Waals surface area (Å²) in [6, 6.07) is 19.8. The summed E-state index contributed by atoms with van der Waals surface area (Å²) in [4.78, 5) is 13.0. The second-order valence-electron chi connectivity index (χ2n) is 7.64. The lowest BCUT2D eigenvalue weighted by molar-refractivity contribution is -0.151. The van der Waals surface area contributed by atoms with Crippen LogP contribution < -0.4 is 5.32 Å². The number of ether oxygens (including phenoxy) is 1. The van der Waals surface area contributed by atoms with Crippen molar-refractivity contribution in [2.24, 2.45) is 5.41 Å². The molecule has 0 bridgehead atoms. The van der Waals surface area contributed by atoms with Crippen molar-refractivity contribution in [2.45, 2.75) is 31.9 Å².